The summed E-state index contributed by atoms with van der Waals surface area (Å²) >= 11 is 0. The van der Waals surface area contributed by atoms with Crippen molar-refractivity contribution in [1.82, 2.24) is 14.7 Å². The molecule has 1 aliphatic carbocycles. The zero-order chi connectivity index (χ0) is 17.8. The Morgan fingerprint density at radius 2 is 2.32 bits per heavy atom. The molecule has 0 bridgehead atoms. The largest absolute Gasteiger partial charge is 0.390 e. The summed E-state index contributed by atoms with van der Waals surface area (Å²) in [5.74, 6) is 2.67. The molecule has 1 aromatic heterocycles. The lowest BCUT2D eigenvalue weighted by atomic mass is 10.1. The van der Waals surface area contributed by atoms with Gasteiger partial charge in [-0.15, -0.1) is 6.42 Å². The van der Waals surface area contributed by atoms with Crippen LogP contribution in [0.1, 0.15) is 23.6 Å². The molecule has 25 heavy (non-hydrogen) atoms. The Hall–Kier alpha value is -2.69. The molecule has 2 aromatic rings. The number of rotatable bonds is 7. The van der Waals surface area contributed by atoms with Gasteiger partial charge in [0.15, 0.2) is 0 Å². The van der Waals surface area contributed by atoms with E-state index in [0.29, 0.717) is 13.1 Å². The van der Waals surface area contributed by atoms with Gasteiger partial charge in [-0.1, -0.05) is 30.2 Å². The SMILES string of the molecule is C#CCN(CC(O)Cn1cc([N+](=O)[O-])cn1)C1CCc2ccccc21. The van der Waals surface area contributed by atoms with Gasteiger partial charge in [-0.25, -0.2) is 0 Å². The minimum atomic E-state index is -0.722. The van der Waals surface area contributed by atoms with E-state index in [0.717, 1.165) is 12.8 Å². The number of hydrogen-bond acceptors (Lipinski definition) is 5. The Labute approximate surface area is 146 Å². The Morgan fingerprint density at radius 3 is 3.04 bits per heavy atom. The Balaban J connectivity index is 1.67. The number of aliphatic hydroxyl groups is 1. The molecular weight excluding hydrogens is 320 g/mol. The lowest BCUT2D eigenvalue weighted by Gasteiger charge is -2.29. The maximum absolute atomic E-state index is 10.7. The molecule has 0 saturated carbocycles. The summed E-state index contributed by atoms with van der Waals surface area (Å²) < 4.78 is 1.39. The molecular formula is C18H20N4O3. The molecule has 1 aliphatic rings. The molecule has 2 unspecified atom stereocenters. The van der Waals surface area contributed by atoms with E-state index in [1.807, 2.05) is 12.1 Å². The summed E-state index contributed by atoms with van der Waals surface area (Å²) in [6, 6.07) is 8.48. The number of nitro groups is 1. The molecule has 3 rings (SSSR count). The van der Waals surface area contributed by atoms with E-state index in [1.165, 1.54) is 28.2 Å². The van der Waals surface area contributed by atoms with Crippen LogP contribution in [-0.4, -0.2) is 43.9 Å². The van der Waals surface area contributed by atoms with E-state index < -0.39 is 11.0 Å². The number of terminal acetylenes is 1. The lowest BCUT2D eigenvalue weighted by Crippen LogP contribution is -2.37. The van der Waals surface area contributed by atoms with Crippen LogP contribution >= 0.6 is 0 Å². The van der Waals surface area contributed by atoms with E-state index in [4.69, 9.17) is 6.42 Å². The van der Waals surface area contributed by atoms with Crippen LogP contribution in [0.3, 0.4) is 0 Å². The third-order valence-electron chi connectivity index (χ3n) is 4.51. The highest BCUT2D eigenvalue weighted by molar-refractivity contribution is 5.34. The molecule has 2 atom stereocenters. The minimum absolute atomic E-state index is 0.0857. The molecule has 0 spiro atoms. The van der Waals surface area contributed by atoms with Crippen LogP contribution in [0.2, 0.25) is 0 Å². The van der Waals surface area contributed by atoms with Crippen LogP contribution in [-0.2, 0) is 13.0 Å². The monoisotopic (exact) mass is 340 g/mol. The molecule has 0 saturated heterocycles. The third-order valence-corrected chi connectivity index (χ3v) is 4.51. The van der Waals surface area contributed by atoms with Crippen molar-refractivity contribution in [3.63, 3.8) is 0 Å². The molecule has 7 nitrogen and oxygen atoms in total. The Morgan fingerprint density at radius 1 is 1.52 bits per heavy atom. The number of aryl methyl sites for hydroxylation is 1. The zero-order valence-electron chi connectivity index (χ0n) is 13.8. The first-order chi connectivity index (χ1) is 12.1. The van der Waals surface area contributed by atoms with Gasteiger partial charge in [0.1, 0.15) is 12.4 Å². The van der Waals surface area contributed by atoms with Crippen molar-refractivity contribution in [2.75, 3.05) is 13.1 Å². The van der Waals surface area contributed by atoms with Gasteiger partial charge in [-0.05, 0) is 24.0 Å². The quantitative estimate of drug-likeness (QED) is 0.472. The summed E-state index contributed by atoms with van der Waals surface area (Å²) in [7, 11) is 0. The van der Waals surface area contributed by atoms with Crippen molar-refractivity contribution in [3.05, 3.63) is 57.9 Å². The number of nitrogens with zero attached hydrogens (tertiary/aromatic N) is 4. The lowest BCUT2D eigenvalue weighted by molar-refractivity contribution is -0.385. The summed E-state index contributed by atoms with van der Waals surface area (Å²) in [5.41, 5.74) is 2.50. The van der Waals surface area contributed by atoms with Crippen molar-refractivity contribution < 1.29 is 10.0 Å². The molecule has 0 fully saturated rings. The van der Waals surface area contributed by atoms with Crippen molar-refractivity contribution in [2.45, 2.75) is 31.5 Å². The van der Waals surface area contributed by atoms with Gasteiger partial charge in [0, 0.05) is 12.6 Å². The summed E-state index contributed by atoms with van der Waals surface area (Å²) in [5, 5.41) is 25.0. The summed E-state index contributed by atoms with van der Waals surface area (Å²) in [6.45, 7) is 1.01. The maximum atomic E-state index is 10.7. The Kier molecular flexibility index (Phi) is 5.12. The summed E-state index contributed by atoms with van der Waals surface area (Å²) in [4.78, 5) is 12.3. The molecule has 7 heteroatoms. The van der Waals surface area contributed by atoms with E-state index in [-0.39, 0.29) is 18.3 Å². The van der Waals surface area contributed by atoms with Crippen LogP contribution < -0.4 is 0 Å². The van der Waals surface area contributed by atoms with Crippen molar-refractivity contribution in [1.29, 1.82) is 0 Å². The first kappa shape index (κ1) is 17.1. The average molecular weight is 340 g/mol. The van der Waals surface area contributed by atoms with Crippen molar-refractivity contribution >= 4 is 5.69 Å². The van der Waals surface area contributed by atoms with Gasteiger partial charge < -0.3 is 5.11 Å². The highest BCUT2D eigenvalue weighted by atomic mass is 16.6. The number of aromatic nitrogens is 2. The molecule has 0 radical (unpaired) electrons. The second-order valence-electron chi connectivity index (χ2n) is 6.22. The highest BCUT2D eigenvalue weighted by Crippen LogP contribution is 2.35. The van der Waals surface area contributed by atoms with Crippen LogP contribution in [0.25, 0.3) is 0 Å². The average Bonchev–Trinajstić information content (AvgIpc) is 3.21. The molecule has 130 valence electrons. The van der Waals surface area contributed by atoms with Gasteiger partial charge in [0.25, 0.3) is 0 Å². The first-order valence-electron chi connectivity index (χ1n) is 8.18. The predicted molar refractivity (Wildman–Crippen MR) is 92.8 cm³/mol. The second kappa shape index (κ2) is 7.47. The van der Waals surface area contributed by atoms with Gasteiger partial charge in [0.05, 0.1) is 24.1 Å². The smallest absolute Gasteiger partial charge is 0.306 e. The molecule has 1 aromatic carbocycles. The fraction of sp³-hybridized carbons (Fsp3) is 0.389. The molecule has 1 N–H and O–H groups in total. The van der Waals surface area contributed by atoms with Gasteiger partial charge >= 0.3 is 5.69 Å². The van der Waals surface area contributed by atoms with E-state index in [9.17, 15) is 15.2 Å². The number of benzene rings is 1. The molecule has 1 heterocycles. The van der Waals surface area contributed by atoms with Crippen LogP contribution in [0, 0.1) is 22.5 Å². The third kappa shape index (κ3) is 3.87. The fourth-order valence-corrected chi connectivity index (χ4v) is 3.42. The zero-order valence-corrected chi connectivity index (χ0v) is 13.8. The fourth-order valence-electron chi connectivity index (χ4n) is 3.42. The Bertz CT molecular complexity index is 796. The van der Waals surface area contributed by atoms with Crippen LogP contribution in [0.15, 0.2) is 36.7 Å². The first-order valence-corrected chi connectivity index (χ1v) is 8.18. The normalized spacial score (nSPS) is 17.2. The number of aliphatic hydroxyl groups excluding tert-OH is 1. The highest BCUT2D eigenvalue weighted by Gasteiger charge is 2.28. The second-order valence-corrected chi connectivity index (χ2v) is 6.22. The van der Waals surface area contributed by atoms with E-state index in [1.54, 1.807) is 0 Å². The van der Waals surface area contributed by atoms with Crippen LogP contribution in [0.5, 0.6) is 0 Å². The van der Waals surface area contributed by atoms with Crippen LogP contribution in [0.4, 0.5) is 5.69 Å². The molecule has 0 aliphatic heterocycles. The van der Waals surface area contributed by atoms with Gasteiger partial charge in [0.2, 0.25) is 0 Å². The van der Waals surface area contributed by atoms with Crippen molar-refractivity contribution in [3.8, 4) is 12.3 Å². The van der Waals surface area contributed by atoms with E-state index in [2.05, 4.69) is 28.1 Å². The summed E-state index contributed by atoms with van der Waals surface area (Å²) in [6.07, 6.45) is 9.27. The number of fused-ring (bicyclic) bond motifs is 1. The predicted octanol–water partition coefficient (Wildman–Crippen LogP) is 1.77. The van der Waals surface area contributed by atoms with Gasteiger partial charge in [-0.3, -0.25) is 19.7 Å². The van der Waals surface area contributed by atoms with E-state index >= 15 is 0 Å². The van der Waals surface area contributed by atoms with Crippen molar-refractivity contribution in [2.24, 2.45) is 0 Å². The van der Waals surface area contributed by atoms with Gasteiger partial charge in [-0.2, -0.15) is 5.10 Å². The topological polar surface area (TPSA) is 84.4 Å². The number of hydrogen-bond donors (Lipinski definition) is 1. The maximum Gasteiger partial charge on any atom is 0.306 e. The molecule has 0 amide bonds. The minimum Gasteiger partial charge on any atom is -0.390 e. The standard InChI is InChI=1S/C18H20N4O3/c1-2-9-20(18-8-7-14-5-3-4-6-17(14)18)12-16(23)13-21-11-15(10-19-21)22(24)25/h1,3-6,10-11,16,18,23H,7-9,12-13H2.